The third kappa shape index (κ3) is 5.54. The molecule has 5 heterocycles. The molecule has 0 aliphatic carbocycles. The first kappa shape index (κ1) is 29.7. The number of benzene rings is 1. The van der Waals surface area contributed by atoms with Gasteiger partial charge in [0, 0.05) is 48.5 Å². The summed E-state index contributed by atoms with van der Waals surface area (Å²) in [6, 6.07) is 12.8. The van der Waals surface area contributed by atoms with Crippen LogP contribution in [0.15, 0.2) is 59.7 Å². The summed E-state index contributed by atoms with van der Waals surface area (Å²) in [5.41, 5.74) is 4.08. The summed E-state index contributed by atoms with van der Waals surface area (Å²) in [6.07, 6.45) is 3.21. The van der Waals surface area contributed by atoms with Crippen LogP contribution >= 0.6 is 11.3 Å². The van der Waals surface area contributed by atoms with Gasteiger partial charge in [-0.25, -0.2) is 4.98 Å². The molecule has 2 aliphatic rings. The highest BCUT2D eigenvalue weighted by Crippen LogP contribution is 2.41. The fourth-order valence-corrected chi connectivity index (χ4v) is 6.73. The number of ether oxygens (including phenoxy) is 1. The van der Waals surface area contributed by atoms with Crippen molar-refractivity contribution in [2.75, 3.05) is 36.5 Å². The minimum Gasteiger partial charge on any atom is -0.392 e. The number of aliphatic hydroxyl groups excluding tert-OH is 1. The van der Waals surface area contributed by atoms with E-state index in [0.717, 1.165) is 10.4 Å². The average molecular weight is 614 g/mol. The highest BCUT2D eigenvalue weighted by atomic mass is 32.1. The van der Waals surface area contributed by atoms with E-state index < -0.39 is 0 Å². The Bertz CT molecular complexity index is 1800. The number of nitrogens with zero attached hydrogens (tertiary/aromatic N) is 4. The maximum Gasteiger partial charge on any atom is 0.274 e. The first-order chi connectivity index (χ1) is 21.0. The molecule has 0 unspecified atom stereocenters. The molecule has 44 heavy (non-hydrogen) atoms. The molecule has 0 atom stereocenters. The molecule has 0 spiro atoms. The van der Waals surface area contributed by atoms with Crippen LogP contribution in [0.1, 0.15) is 56.8 Å². The third-order valence-corrected chi connectivity index (χ3v) is 9.57. The fraction of sp³-hybridized carbons (Fsp3) is 0.333. The number of carbonyl (C=O) groups excluding carboxylic acids is 2. The number of thiophene rings is 1. The molecule has 0 saturated carbocycles. The molecule has 11 heteroatoms. The highest BCUT2D eigenvalue weighted by Gasteiger charge is 2.34. The van der Waals surface area contributed by atoms with Crippen LogP contribution in [-0.2, 0) is 30.4 Å². The molecule has 2 amide bonds. The average Bonchev–Trinajstić information content (AvgIpc) is 3.59. The number of rotatable bonds is 6. The van der Waals surface area contributed by atoms with Crippen molar-refractivity contribution in [2.45, 2.75) is 39.3 Å². The number of aromatic nitrogens is 2. The molecular formula is C33H35N5O5S. The van der Waals surface area contributed by atoms with Crippen molar-refractivity contribution in [1.29, 1.82) is 0 Å². The number of aryl methyl sites for hydroxylation is 1. The van der Waals surface area contributed by atoms with Crippen molar-refractivity contribution < 1.29 is 19.4 Å². The van der Waals surface area contributed by atoms with E-state index in [1.807, 2.05) is 18.2 Å². The van der Waals surface area contributed by atoms with Crippen LogP contribution in [-0.4, -0.2) is 57.7 Å². The number of hydrogen-bond donors (Lipinski definition) is 2. The Balaban J connectivity index is 1.28. The molecule has 2 aliphatic heterocycles. The summed E-state index contributed by atoms with van der Waals surface area (Å²) in [6.45, 7) is 8.67. The topological polar surface area (TPSA) is 117 Å². The second-order valence-corrected chi connectivity index (χ2v) is 13.1. The summed E-state index contributed by atoms with van der Waals surface area (Å²) < 4.78 is 6.79. The molecule has 1 saturated heterocycles. The number of carbonyl (C=O) groups is 2. The molecule has 228 valence electrons. The Hall–Kier alpha value is -4.32. The normalized spacial score (nSPS) is 15.1. The van der Waals surface area contributed by atoms with Gasteiger partial charge in [0.15, 0.2) is 0 Å². The second-order valence-electron chi connectivity index (χ2n) is 12.1. The van der Waals surface area contributed by atoms with Gasteiger partial charge in [0.1, 0.15) is 11.5 Å². The van der Waals surface area contributed by atoms with Gasteiger partial charge < -0.3 is 29.5 Å². The number of pyridine rings is 2. The quantitative estimate of drug-likeness (QED) is 0.325. The van der Waals surface area contributed by atoms with Crippen LogP contribution in [0.5, 0.6) is 0 Å². The lowest BCUT2D eigenvalue weighted by atomic mass is 9.94. The van der Waals surface area contributed by atoms with E-state index in [1.54, 1.807) is 41.2 Å². The van der Waals surface area contributed by atoms with Gasteiger partial charge in [0.25, 0.3) is 17.4 Å². The van der Waals surface area contributed by atoms with Gasteiger partial charge >= 0.3 is 0 Å². The maximum atomic E-state index is 13.5. The summed E-state index contributed by atoms with van der Waals surface area (Å²) in [4.78, 5) is 49.2. The van der Waals surface area contributed by atoms with Gasteiger partial charge in [-0.3, -0.25) is 14.4 Å². The van der Waals surface area contributed by atoms with E-state index in [4.69, 9.17) is 4.74 Å². The van der Waals surface area contributed by atoms with Crippen molar-refractivity contribution >= 4 is 40.3 Å². The zero-order valence-corrected chi connectivity index (χ0v) is 26.0. The largest absolute Gasteiger partial charge is 0.392 e. The van der Waals surface area contributed by atoms with E-state index in [-0.39, 0.29) is 35.1 Å². The number of hydrogen-bond acceptors (Lipinski definition) is 8. The molecule has 1 fully saturated rings. The van der Waals surface area contributed by atoms with Crippen molar-refractivity contribution in [3.63, 3.8) is 0 Å². The van der Waals surface area contributed by atoms with Crippen LogP contribution in [0.25, 0.3) is 11.1 Å². The molecule has 10 nitrogen and oxygen atoms in total. The van der Waals surface area contributed by atoms with E-state index in [0.29, 0.717) is 66.6 Å². The minimum atomic E-state index is -0.290. The summed E-state index contributed by atoms with van der Waals surface area (Å²) in [7, 11) is 1.66. The third-order valence-electron chi connectivity index (χ3n) is 7.98. The van der Waals surface area contributed by atoms with Crippen LogP contribution in [0, 0.1) is 0 Å². The van der Waals surface area contributed by atoms with Crippen LogP contribution in [0.3, 0.4) is 0 Å². The van der Waals surface area contributed by atoms with Crippen LogP contribution < -0.4 is 15.8 Å². The molecule has 4 aromatic rings. The number of anilines is 3. The Morgan fingerprint density at radius 2 is 1.89 bits per heavy atom. The zero-order chi connectivity index (χ0) is 31.2. The number of nitrogens with one attached hydrogen (secondary N) is 1. The van der Waals surface area contributed by atoms with Crippen molar-refractivity contribution in [2.24, 2.45) is 7.05 Å². The number of aliphatic hydroxyl groups is 1. The van der Waals surface area contributed by atoms with E-state index in [2.05, 4.69) is 37.1 Å². The molecule has 0 radical (unpaired) electrons. The summed E-state index contributed by atoms with van der Waals surface area (Å²) in [5, 5.41) is 13.6. The standard InChI is InChI=1S/C33H35N5O5S/c1-33(2,3)27-15-22-18-38(32(42)29(22)44-27)26-7-5-6-23(24(26)19-39)21-14-25(31(41)36(4)17-21)35-28-9-8-20(16-34-28)30(40)37-10-12-43-13-11-37/h5-9,14-17,39H,10-13,18-19H2,1-4H3,(H,34,35). The number of amides is 2. The fourth-order valence-electron chi connectivity index (χ4n) is 5.55. The minimum absolute atomic E-state index is 0.0385. The molecule has 0 bridgehead atoms. The zero-order valence-electron chi connectivity index (χ0n) is 25.2. The van der Waals surface area contributed by atoms with Crippen molar-refractivity contribution in [1.82, 2.24) is 14.5 Å². The Morgan fingerprint density at radius 1 is 1.11 bits per heavy atom. The Kier molecular flexibility index (Phi) is 7.87. The number of morpholine rings is 1. The van der Waals surface area contributed by atoms with Gasteiger partial charge in [-0.15, -0.1) is 11.3 Å². The summed E-state index contributed by atoms with van der Waals surface area (Å²) in [5.74, 6) is 0.233. The molecule has 6 rings (SSSR count). The first-order valence-electron chi connectivity index (χ1n) is 14.5. The predicted octanol–water partition coefficient (Wildman–Crippen LogP) is 4.68. The Labute approximate surface area is 259 Å². The van der Waals surface area contributed by atoms with Gasteiger partial charge in [-0.1, -0.05) is 32.9 Å². The van der Waals surface area contributed by atoms with E-state index in [1.165, 1.54) is 27.0 Å². The summed E-state index contributed by atoms with van der Waals surface area (Å²) >= 11 is 1.53. The van der Waals surface area contributed by atoms with Crippen molar-refractivity contribution in [3.8, 4) is 11.1 Å². The van der Waals surface area contributed by atoms with Gasteiger partial charge in [-0.05, 0) is 46.9 Å². The smallest absolute Gasteiger partial charge is 0.274 e. The monoisotopic (exact) mass is 613 g/mol. The van der Waals surface area contributed by atoms with Gasteiger partial charge in [0.2, 0.25) is 0 Å². The van der Waals surface area contributed by atoms with Crippen LogP contribution in [0.2, 0.25) is 0 Å². The molecular weight excluding hydrogens is 578 g/mol. The van der Waals surface area contributed by atoms with E-state index in [9.17, 15) is 19.5 Å². The number of fused-ring (bicyclic) bond motifs is 1. The second kappa shape index (κ2) is 11.6. The maximum absolute atomic E-state index is 13.5. The molecule has 3 aromatic heterocycles. The van der Waals surface area contributed by atoms with Gasteiger partial charge in [-0.2, -0.15) is 0 Å². The SMILES string of the molecule is Cn1cc(-c2cccc(N3Cc4cc(C(C)(C)C)sc4C3=O)c2CO)cc(Nc2ccc(C(=O)N3CCOCC3)cn2)c1=O. The van der Waals surface area contributed by atoms with Crippen molar-refractivity contribution in [3.05, 3.63) is 91.7 Å². The Morgan fingerprint density at radius 3 is 2.55 bits per heavy atom. The molecule has 2 N–H and O–H groups in total. The predicted molar refractivity (Wildman–Crippen MR) is 171 cm³/mol. The van der Waals surface area contributed by atoms with E-state index >= 15 is 0 Å². The lowest BCUT2D eigenvalue weighted by Crippen LogP contribution is -2.40. The van der Waals surface area contributed by atoms with Crippen LogP contribution in [0.4, 0.5) is 17.2 Å². The highest BCUT2D eigenvalue weighted by molar-refractivity contribution is 7.14. The molecule has 1 aromatic carbocycles. The first-order valence-corrected chi connectivity index (χ1v) is 15.4. The lowest BCUT2D eigenvalue weighted by molar-refractivity contribution is 0.0302. The lowest BCUT2D eigenvalue weighted by Gasteiger charge is -2.26. The van der Waals surface area contributed by atoms with Gasteiger partial charge in [0.05, 0.1) is 42.5 Å².